The second kappa shape index (κ2) is 21.1. The number of carbonyl (C=O) groups excluding carboxylic acids is 1. The van der Waals surface area contributed by atoms with E-state index in [1.54, 1.807) is 13.0 Å². The van der Waals surface area contributed by atoms with Crippen molar-refractivity contribution in [2.45, 2.75) is 147 Å². The fourth-order valence-corrected chi connectivity index (χ4v) is 11.6. The second-order valence-corrected chi connectivity index (χ2v) is 20.5. The third-order valence-corrected chi connectivity index (χ3v) is 15.1. The maximum absolute atomic E-state index is 13.0. The van der Waals surface area contributed by atoms with E-state index in [9.17, 15) is 25.2 Å². The summed E-state index contributed by atoms with van der Waals surface area (Å²) in [6.07, 6.45) is 2.99. The van der Waals surface area contributed by atoms with Crippen LogP contribution in [0.3, 0.4) is 0 Å². The van der Waals surface area contributed by atoms with Crippen molar-refractivity contribution in [1.82, 2.24) is 16.0 Å². The number of aliphatic imine (C=N–C) groups is 1. The van der Waals surface area contributed by atoms with Gasteiger partial charge in [-0.3, -0.25) is 9.79 Å². The minimum absolute atomic E-state index is 0.0463. The average Bonchev–Trinajstić information content (AvgIpc) is 3.35. The summed E-state index contributed by atoms with van der Waals surface area (Å²) in [6.45, 7) is 9.02. The van der Waals surface area contributed by atoms with E-state index in [2.05, 4.69) is 95.9 Å². The molecule has 3 aromatic carbocycles. The molecule has 10 bridgehead atoms. The fourth-order valence-electron chi connectivity index (χ4n) is 11.6. The van der Waals surface area contributed by atoms with Crippen molar-refractivity contribution in [3.8, 4) is 35.2 Å². The summed E-state index contributed by atoms with van der Waals surface area (Å²) in [5.74, 6) is 13.7. The van der Waals surface area contributed by atoms with Gasteiger partial charge in [0.05, 0.1) is 30.8 Å². The maximum Gasteiger partial charge on any atom is 0.302 e. The molecule has 1 saturated heterocycles. The highest BCUT2D eigenvalue weighted by Gasteiger charge is 2.44. The van der Waals surface area contributed by atoms with Gasteiger partial charge in [-0.25, -0.2) is 0 Å². The molecule has 1 spiro atoms. The molecule has 0 radical (unpaired) electrons. The SMILES string of the molecule is CC(=O)O[C@H]1C[C@@H](O)CC[C@]2([C@H](C)O)C#C[C@@H]3C[C@H]4C#CC[C@@H](Cc5cccc(c5)[C@@H](Cc5cc(C)cc(C)c5)CNC(N)=NC2)NC[C@@]2(C4)C[C@@H](CCN2)Oc2cc(c(CO)cc2O)C[C@H]31. The molecule has 0 saturated carbocycles. The van der Waals surface area contributed by atoms with Gasteiger partial charge in [0.15, 0.2) is 17.5 Å². The monoisotopic (exact) mass is 914 g/mol. The number of benzene rings is 3. The number of aliphatic hydroxyl groups is 3. The van der Waals surface area contributed by atoms with E-state index in [-0.39, 0.29) is 61.7 Å². The highest BCUT2D eigenvalue weighted by molar-refractivity contribution is 5.78. The molecule has 1 fully saturated rings. The summed E-state index contributed by atoms with van der Waals surface area (Å²) in [6, 6.07) is 19.0. The number of nitrogens with two attached hydrogens (primary N) is 1. The predicted octanol–water partition coefficient (Wildman–Crippen LogP) is 5.26. The van der Waals surface area contributed by atoms with E-state index in [1.807, 2.05) is 6.07 Å². The minimum atomic E-state index is -1.09. The summed E-state index contributed by atoms with van der Waals surface area (Å²) in [5, 5.41) is 57.2. The molecule has 0 unspecified atom stereocenters. The van der Waals surface area contributed by atoms with E-state index in [1.165, 1.54) is 34.7 Å². The Hall–Kier alpha value is -5.08. The van der Waals surface area contributed by atoms with Crippen LogP contribution in [0.5, 0.6) is 11.5 Å². The van der Waals surface area contributed by atoms with E-state index < -0.39 is 47.1 Å². The lowest BCUT2D eigenvalue weighted by atomic mass is 9.70. The number of hydrogen-bond donors (Lipinski definition) is 8. The van der Waals surface area contributed by atoms with E-state index in [0.29, 0.717) is 69.5 Å². The highest BCUT2D eigenvalue weighted by atomic mass is 16.5. The maximum atomic E-state index is 13.0. The van der Waals surface area contributed by atoms with E-state index in [4.69, 9.17) is 20.2 Å². The summed E-state index contributed by atoms with van der Waals surface area (Å²) in [7, 11) is 0. The van der Waals surface area contributed by atoms with Gasteiger partial charge < -0.3 is 51.6 Å². The highest BCUT2D eigenvalue weighted by Crippen LogP contribution is 2.42. The van der Waals surface area contributed by atoms with Gasteiger partial charge in [0, 0.05) is 74.5 Å². The van der Waals surface area contributed by atoms with E-state index >= 15 is 0 Å². The number of guanidine groups is 1. The lowest BCUT2D eigenvalue weighted by Gasteiger charge is -2.44. The smallest absolute Gasteiger partial charge is 0.302 e. The Morgan fingerprint density at radius 2 is 1.88 bits per heavy atom. The Bertz CT molecular complexity index is 2400. The lowest BCUT2D eigenvalue weighted by molar-refractivity contribution is -0.152. The third kappa shape index (κ3) is 12.0. The lowest BCUT2D eigenvalue weighted by Crippen LogP contribution is -2.60. The van der Waals surface area contributed by atoms with Crippen LogP contribution in [0.15, 0.2) is 59.6 Å². The molecule has 12 nitrogen and oxygen atoms in total. The van der Waals surface area contributed by atoms with Gasteiger partial charge >= 0.3 is 5.97 Å². The molecule has 12 heteroatoms. The fraction of sp³-hybridized carbons (Fsp3) is 0.564. The zero-order valence-electron chi connectivity index (χ0n) is 39.7. The number of aliphatic hydroxyl groups excluding tert-OH is 3. The number of nitrogens with one attached hydrogen (secondary N) is 3. The number of piperidine rings is 1. The number of aromatic hydroxyl groups is 1. The number of carbonyl (C=O) groups is 1. The Balaban J connectivity index is 1.30. The molecule has 1 aliphatic carbocycles. The molecule has 9 N–H and O–H groups in total. The average molecular weight is 914 g/mol. The minimum Gasteiger partial charge on any atom is -0.504 e. The summed E-state index contributed by atoms with van der Waals surface area (Å²) >= 11 is 0. The number of fused-ring (bicyclic) bond motifs is 8. The number of ether oxygens (including phenoxy) is 2. The van der Waals surface area contributed by atoms with E-state index in [0.717, 1.165) is 24.8 Å². The van der Waals surface area contributed by atoms with Crippen LogP contribution in [0, 0.1) is 60.7 Å². The molecule has 0 aromatic heterocycles. The van der Waals surface area contributed by atoms with Crippen molar-refractivity contribution in [2.75, 3.05) is 26.2 Å². The summed E-state index contributed by atoms with van der Waals surface area (Å²) < 4.78 is 13.0. The van der Waals surface area contributed by atoms with Crippen LogP contribution < -0.4 is 26.4 Å². The molecule has 0 amide bonds. The zero-order chi connectivity index (χ0) is 47.3. The molecule has 3 aromatic rings. The van der Waals surface area contributed by atoms with Crippen molar-refractivity contribution in [3.05, 3.63) is 93.5 Å². The molecular formula is C55H71N5O7. The molecule has 4 heterocycles. The van der Waals surface area contributed by atoms with Crippen LogP contribution in [0.25, 0.3) is 0 Å². The zero-order valence-corrected chi connectivity index (χ0v) is 39.7. The molecule has 5 aliphatic rings. The van der Waals surface area contributed by atoms with Crippen molar-refractivity contribution in [2.24, 2.45) is 33.9 Å². The molecule has 358 valence electrons. The predicted molar refractivity (Wildman–Crippen MR) is 260 cm³/mol. The largest absolute Gasteiger partial charge is 0.504 e. The number of nitrogens with zero attached hydrogens (tertiary/aromatic N) is 1. The van der Waals surface area contributed by atoms with Crippen LogP contribution in [-0.2, 0) is 35.4 Å². The van der Waals surface area contributed by atoms with Gasteiger partial charge in [0.1, 0.15) is 12.2 Å². The van der Waals surface area contributed by atoms with Gasteiger partial charge in [0.2, 0.25) is 0 Å². The Kier molecular flexibility index (Phi) is 15.2. The first-order chi connectivity index (χ1) is 32.2. The van der Waals surface area contributed by atoms with Gasteiger partial charge in [-0.15, -0.1) is 5.92 Å². The Labute approximate surface area is 396 Å². The first-order valence-electron chi connectivity index (χ1n) is 24.5. The first-order valence-corrected chi connectivity index (χ1v) is 24.5. The quantitative estimate of drug-likeness (QED) is 0.123. The topological polar surface area (TPSA) is 191 Å². The molecule has 67 heavy (non-hydrogen) atoms. The molecular weight excluding hydrogens is 843 g/mol. The van der Waals surface area contributed by atoms with Gasteiger partial charge in [-0.1, -0.05) is 71.4 Å². The number of hydrogen-bond acceptors (Lipinski definition) is 12. The number of esters is 1. The van der Waals surface area contributed by atoms with Crippen LogP contribution in [-0.4, -0.2) is 94.5 Å². The van der Waals surface area contributed by atoms with Gasteiger partial charge in [0.25, 0.3) is 0 Å². The Morgan fingerprint density at radius 1 is 1.06 bits per heavy atom. The molecule has 4 aliphatic heterocycles. The number of phenolic OH excluding ortho intramolecular Hbond substituents is 1. The van der Waals surface area contributed by atoms with Gasteiger partial charge in [-0.05, 0) is 119 Å². The van der Waals surface area contributed by atoms with Crippen LogP contribution in [0.2, 0.25) is 0 Å². The number of phenols is 1. The Morgan fingerprint density at radius 3 is 2.66 bits per heavy atom. The number of rotatable bonds is 5. The van der Waals surface area contributed by atoms with Crippen molar-refractivity contribution in [3.63, 3.8) is 0 Å². The van der Waals surface area contributed by atoms with Crippen molar-refractivity contribution < 1.29 is 34.7 Å². The normalized spacial score (nSPS) is 31.5. The standard InChI is InChI=1S/C55H71N5O7/c1-34-17-35(2)19-40(18-34)22-44-30-57-53(56)59-32-54(36(3)62)14-11-42-21-39-8-6-10-46(23-38-7-5-9-41(44)20-38)58-33-55(28-39)29-48(13-16-60-55)67-52-26-43(45(31-61)25-50(52)65)24-49(42)51(66-37(4)63)27-47(64)12-15-54/h5,7,9,17-20,25-26,36,39,42,44,46-49,51,58,60-62,64-65H,10,12-13,15-16,21-24,27-33H2,1-4H3,(H3,56,57,59)/t36-,39+,42+,44-,46-,47-,48+,49+,51-,54+,55+/m0/s1. The van der Waals surface area contributed by atoms with Crippen molar-refractivity contribution in [1.29, 1.82) is 0 Å². The van der Waals surface area contributed by atoms with Crippen LogP contribution >= 0.6 is 0 Å². The van der Waals surface area contributed by atoms with Crippen LogP contribution in [0.4, 0.5) is 0 Å². The number of aryl methyl sites for hydroxylation is 2. The molecule has 8 rings (SSSR count). The third-order valence-electron chi connectivity index (χ3n) is 15.1. The second-order valence-electron chi connectivity index (χ2n) is 20.5. The van der Waals surface area contributed by atoms with Crippen LogP contribution in [0.1, 0.15) is 110 Å². The summed E-state index contributed by atoms with van der Waals surface area (Å²) in [5.41, 5.74) is 12.6. The van der Waals surface area contributed by atoms with Gasteiger partial charge in [-0.2, -0.15) is 0 Å². The first kappa shape index (κ1) is 48.4. The van der Waals surface area contributed by atoms with Crippen molar-refractivity contribution >= 4 is 11.9 Å². The summed E-state index contributed by atoms with van der Waals surface area (Å²) in [4.78, 5) is 17.9. The molecule has 11 atom stereocenters.